The summed E-state index contributed by atoms with van der Waals surface area (Å²) in [5, 5.41) is 0. The lowest BCUT2D eigenvalue weighted by molar-refractivity contribution is -0.141. The number of aryl methyl sites for hydroxylation is 2. The van der Waals surface area contributed by atoms with E-state index in [0.717, 1.165) is 51.3 Å². The number of rotatable bonds is 5. The number of likely N-dealkylation sites (tertiary alicyclic amines) is 1. The summed E-state index contributed by atoms with van der Waals surface area (Å²) in [5.41, 5.74) is 2.36. The highest BCUT2D eigenvalue weighted by atomic mass is 16.5. The molecule has 2 aliphatic rings. The standard InChI is InChI=1S/C20H30N2O3/c1-16-5-3-6-17(2)19(16)25-14-9-21-8-4-7-18(15-21)20(23)22-10-12-24-13-11-22/h3,5-6,18H,4,7-15H2,1-2H3. The fourth-order valence-corrected chi connectivity index (χ4v) is 3.81. The summed E-state index contributed by atoms with van der Waals surface area (Å²) in [6.07, 6.45) is 2.09. The molecule has 2 fully saturated rings. The van der Waals surface area contributed by atoms with E-state index in [1.165, 1.54) is 11.1 Å². The Morgan fingerprint density at radius 1 is 1.20 bits per heavy atom. The van der Waals surface area contributed by atoms with Crippen LogP contribution in [0.15, 0.2) is 18.2 Å². The van der Waals surface area contributed by atoms with Crippen LogP contribution in [0.1, 0.15) is 24.0 Å². The van der Waals surface area contributed by atoms with Crippen LogP contribution >= 0.6 is 0 Å². The quantitative estimate of drug-likeness (QED) is 0.820. The molecular formula is C20H30N2O3. The summed E-state index contributed by atoms with van der Waals surface area (Å²) in [4.78, 5) is 17.0. The zero-order valence-corrected chi connectivity index (χ0v) is 15.5. The molecule has 2 saturated heterocycles. The third kappa shape index (κ3) is 4.73. The summed E-state index contributed by atoms with van der Waals surface area (Å²) >= 11 is 0. The first-order chi connectivity index (χ1) is 12.1. The van der Waals surface area contributed by atoms with Crippen molar-refractivity contribution >= 4 is 5.91 Å². The van der Waals surface area contributed by atoms with Crippen molar-refractivity contribution in [2.45, 2.75) is 26.7 Å². The molecule has 0 spiro atoms. The maximum atomic E-state index is 12.7. The molecule has 5 heteroatoms. The zero-order valence-electron chi connectivity index (χ0n) is 15.5. The van der Waals surface area contributed by atoms with E-state index in [0.29, 0.717) is 25.7 Å². The van der Waals surface area contributed by atoms with Crippen molar-refractivity contribution in [1.29, 1.82) is 0 Å². The zero-order chi connectivity index (χ0) is 17.6. The number of amides is 1. The number of morpholine rings is 1. The maximum absolute atomic E-state index is 12.7. The van der Waals surface area contributed by atoms with Crippen molar-refractivity contribution in [3.63, 3.8) is 0 Å². The number of carbonyl (C=O) groups excluding carboxylic acids is 1. The minimum absolute atomic E-state index is 0.132. The van der Waals surface area contributed by atoms with Gasteiger partial charge in [0.2, 0.25) is 5.91 Å². The van der Waals surface area contributed by atoms with Crippen molar-refractivity contribution in [3.8, 4) is 5.75 Å². The molecule has 0 saturated carbocycles. The summed E-state index contributed by atoms with van der Waals surface area (Å²) in [6.45, 7) is 10.5. The van der Waals surface area contributed by atoms with Crippen molar-refractivity contribution in [2.24, 2.45) is 5.92 Å². The third-order valence-electron chi connectivity index (χ3n) is 5.24. The topological polar surface area (TPSA) is 42.0 Å². The van der Waals surface area contributed by atoms with Crippen LogP contribution in [0, 0.1) is 19.8 Å². The van der Waals surface area contributed by atoms with E-state index in [-0.39, 0.29) is 5.92 Å². The Kier molecular flexibility index (Phi) is 6.32. The van der Waals surface area contributed by atoms with Gasteiger partial charge in [-0.05, 0) is 44.4 Å². The van der Waals surface area contributed by atoms with Gasteiger partial charge in [0.1, 0.15) is 12.4 Å². The fourth-order valence-electron chi connectivity index (χ4n) is 3.81. The number of para-hydroxylation sites is 1. The van der Waals surface area contributed by atoms with Crippen molar-refractivity contribution in [1.82, 2.24) is 9.80 Å². The predicted molar refractivity (Wildman–Crippen MR) is 98.0 cm³/mol. The lowest BCUT2D eigenvalue weighted by Gasteiger charge is -2.36. The first-order valence-corrected chi connectivity index (χ1v) is 9.43. The van der Waals surface area contributed by atoms with Crippen LogP contribution in [-0.4, -0.2) is 68.3 Å². The van der Waals surface area contributed by atoms with E-state index in [2.05, 4.69) is 36.9 Å². The van der Waals surface area contributed by atoms with E-state index in [9.17, 15) is 4.79 Å². The van der Waals surface area contributed by atoms with Gasteiger partial charge in [0.25, 0.3) is 0 Å². The minimum atomic E-state index is 0.132. The van der Waals surface area contributed by atoms with Crippen molar-refractivity contribution in [3.05, 3.63) is 29.3 Å². The van der Waals surface area contributed by atoms with Gasteiger partial charge < -0.3 is 14.4 Å². The lowest BCUT2D eigenvalue weighted by atomic mass is 9.96. The van der Waals surface area contributed by atoms with Crippen LogP contribution in [0.4, 0.5) is 0 Å². The Morgan fingerprint density at radius 2 is 1.92 bits per heavy atom. The van der Waals surface area contributed by atoms with Crippen LogP contribution < -0.4 is 4.74 Å². The van der Waals surface area contributed by atoms with Gasteiger partial charge in [0, 0.05) is 26.2 Å². The van der Waals surface area contributed by atoms with Crippen LogP contribution in [0.25, 0.3) is 0 Å². The molecule has 0 bridgehead atoms. The molecule has 2 heterocycles. The largest absolute Gasteiger partial charge is 0.492 e. The molecule has 0 N–H and O–H groups in total. The van der Waals surface area contributed by atoms with Crippen LogP contribution in [0.5, 0.6) is 5.75 Å². The number of hydrogen-bond donors (Lipinski definition) is 0. The minimum Gasteiger partial charge on any atom is -0.492 e. The highest BCUT2D eigenvalue weighted by Gasteiger charge is 2.29. The van der Waals surface area contributed by atoms with Gasteiger partial charge in [-0.25, -0.2) is 0 Å². The van der Waals surface area contributed by atoms with E-state index < -0.39 is 0 Å². The number of nitrogens with zero attached hydrogens (tertiary/aromatic N) is 2. The van der Waals surface area contributed by atoms with Crippen molar-refractivity contribution in [2.75, 3.05) is 52.5 Å². The monoisotopic (exact) mass is 346 g/mol. The summed E-state index contributed by atoms with van der Waals surface area (Å²) in [6, 6.07) is 6.23. The maximum Gasteiger partial charge on any atom is 0.227 e. The smallest absolute Gasteiger partial charge is 0.227 e. The molecule has 1 aromatic carbocycles. The molecule has 0 radical (unpaired) electrons. The molecule has 3 rings (SSSR count). The first-order valence-electron chi connectivity index (χ1n) is 9.43. The van der Waals surface area contributed by atoms with Gasteiger partial charge >= 0.3 is 0 Å². The second-order valence-corrected chi connectivity index (χ2v) is 7.15. The highest BCUT2D eigenvalue weighted by molar-refractivity contribution is 5.79. The Bertz CT molecular complexity index is 564. The molecule has 2 aliphatic heterocycles. The number of ether oxygens (including phenoxy) is 2. The van der Waals surface area contributed by atoms with Gasteiger partial charge in [-0.2, -0.15) is 0 Å². The Labute approximate surface area is 150 Å². The van der Waals surface area contributed by atoms with Gasteiger partial charge in [0.15, 0.2) is 0 Å². The van der Waals surface area contributed by atoms with Gasteiger partial charge in [0.05, 0.1) is 19.1 Å². The van der Waals surface area contributed by atoms with E-state index in [1.54, 1.807) is 0 Å². The Morgan fingerprint density at radius 3 is 2.64 bits per heavy atom. The normalized spacial score (nSPS) is 22.0. The SMILES string of the molecule is Cc1cccc(C)c1OCCN1CCCC(C(=O)N2CCOCC2)C1. The Balaban J connectivity index is 1.47. The summed E-state index contributed by atoms with van der Waals surface area (Å²) < 4.78 is 11.4. The molecule has 5 nitrogen and oxygen atoms in total. The third-order valence-corrected chi connectivity index (χ3v) is 5.24. The van der Waals surface area contributed by atoms with Gasteiger partial charge in [-0.3, -0.25) is 9.69 Å². The number of piperidine rings is 1. The molecule has 1 unspecified atom stereocenters. The number of hydrogen-bond acceptors (Lipinski definition) is 4. The predicted octanol–water partition coefficient (Wildman–Crippen LogP) is 2.25. The van der Waals surface area contributed by atoms with E-state index in [4.69, 9.17) is 9.47 Å². The second-order valence-electron chi connectivity index (χ2n) is 7.15. The van der Waals surface area contributed by atoms with Gasteiger partial charge in [-0.1, -0.05) is 18.2 Å². The molecule has 25 heavy (non-hydrogen) atoms. The van der Waals surface area contributed by atoms with E-state index >= 15 is 0 Å². The number of carbonyl (C=O) groups is 1. The number of benzene rings is 1. The molecule has 0 aliphatic carbocycles. The van der Waals surface area contributed by atoms with Gasteiger partial charge in [-0.15, -0.1) is 0 Å². The highest BCUT2D eigenvalue weighted by Crippen LogP contribution is 2.23. The lowest BCUT2D eigenvalue weighted by Crippen LogP contribution is -2.48. The average Bonchev–Trinajstić information content (AvgIpc) is 2.64. The molecule has 0 aromatic heterocycles. The van der Waals surface area contributed by atoms with Crippen LogP contribution in [0.2, 0.25) is 0 Å². The fraction of sp³-hybridized carbons (Fsp3) is 0.650. The molecule has 1 aromatic rings. The molecule has 138 valence electrons. The summed E-state index contributed by atoms with van der Waals surface area (Å²) in [5.74, 6) is 1.44. The Hall–Kier alpha value is -1.59. The van der Waals surface area contributed by atoms with E-state index in [1.807, 2.05) is 4.90 Å². The summed E-state index contributed by atoms with van der Waals surface area (Å²) in [7, 11) is 0. The van der Waals surface area contributed by atoms with Crippen LogP contribution in [-0.2, 0) is 9.53 Å². The molecule has 1 atom stereocenters. The second kappa shape index (κ2) is 8.68. The first kappa shape index (κ1) is 18.2. The molecule has 1 amide bonds. The van der Waals surface area contributed by atoms with Crippen molar-refractivity contribution < 1.29 is 14.3 Å². The van der Waals surface area contributed by atoms with Crippen LogP contribution in [0.3, 0.4) is 0 Å². The molecular weight excluding hydrogens is 316 g/mol. The average molecular weight is 346 g/mol.